The maximum Gasteiger partial charge on any atom is 0.346 e. The van der Waals surface area contributed by atoms with Crippen LogP contribution < -0.4 is 5.73 Å². The highest BCUT2D eigenvalue weighted by Gasteiger charge is 2.48. The second-order valence-corrected chi connectivity index (χ2v) is 11.4. The molecular formula is C25H46N6O7S. The summed E-state index contributed by atoms with van der Waals surface area (Å²) in [5, 5.41) is 3.92. The van der Waals surface area contributed by atoms with Gasteiger partial charge in [-0.1, -0.05) is 58.5 Å². The molecule has 0 saturated carbocycles. The van der Waals surface area contributed by atoms with E-state index in [0.29, 0.717) is 17.9 Å². The Labute approximate surface area is 232 Å². The number of carbonyl (C=O) groups is 2. The zero-order chi connectivity index (χ0) is 29.1. The molecule has 0 radical (unpaired) electrons. The lowest BCUT2D eigenvalue weighted by atomic mass is 10.0. The summed E-state index contributed by atoms with van der Waals surface area (Å²) in [7, 11) is -5.05. The third-order valence-electron chi connectivity index (χ3n) is 7.39. The first kappa shape index (κ1) is 32.9. The van der Waals surface area contributed by atoms with Gasteiger partial charge in [-0.25, -0.2) is 13.2 Å². The average molecular weight is 575 g/mol. The Morgan fingerprint density at radius 2 is 1.54 bits per heavy atom. The fourth-order valence-electron chi connectivity index (χ4n) is 5.20. The van der Waals surface area contributed by atoms with Crippen LogP contribution in [0.1, 0.15) is 114 Å². The molecule has 2 bridgehead atoms. The number of rotatable bonds is 16. The van der Waals surface area contributed by atoms with Gasteiger partial charge in [0.05, 0.1) is 32.2 Å². The van der Waals surface area contributed by atoms with E-state index >= 15 is 0 Å². The zero-order valence-corrected chi connectivity index (χ0v) is 24.7. The van der Waals surface area contributed by atoms with E-state index in [1.54, 1.807) is 0 Å². The second kappa shape index (κ2) is 15.5. The number of hydrogen-bond donors (Lipinski definition) is 1. The molecule has 14 heteroatoms. The molecule has 2 N–H and O–H groups in total. The largest absolute Gasteiger partial charge is 0.724 e. The molecule has 0 aliphatic carbocycles. The van der Waals surface area contributed by atoms with E-state index in [1.807, 2.05) is 0 Å². The minimum Gasteiger partial charge on any atom is -0.724 e. The first-order valence-corrected chi connectivity index (χ1v) is 15.6. The topological polar surface area (TPSA) is 172 Å². The van der Waals surface area contributed by atoms with Crippen molar-refractivity contribution in [2.45, 2.75) is 104 Å². The van der Waals surface area contributed by atoms with Crippen LogP contribution >= 0.6 is 0 Å². The molecule has 0 spiro atoms. The summed E-state index contributed by atoms with van der Waals surface area (Å²) in [6, 6.07) is -2.01. The van der Waals surface area contributed by atoms with Crippen LogP contribution in [0.15, 0.2) is 4.52 Å². The number of nitrogens with two attached hydrogens (primary N) is 1. The molecule has 3 rings (SSSR count). The number of nitrogens with zero attached hydrogens (tertiary/aromatic N) is 5. The van der Waals surface area contributed by atoms with Crippen molar-refractivity contribution in [2.24, 2.45) is 5.73 Å². The molecular weight excluding hydrogens is 528 g/mol. The van der Waals surface area contributed by atoms with Gasteiger partial charge in [0.25, 0.3) is 11.7 Å². The van der Waals surface area contributed by atoms with Crippen LogP contribution in [-0.2, 0) is 14.7 Å². The molecule has 2 aliphatic rings. The summed E-state index contributed by atoms with van der Waals surface area (Å²) >= 11 is 0. The van der Waals surface area contributed by atoms with Gasteiger partial charge in [0, 0.05) is 6.54 Å². The van der Waals surface area contributed by atoms with Crippen molar-refractivity contribution in [2.75, 3.05) is 32.7 Å². The molecule has 1 aromatic heterocycles. The van der Waals surface area contributed by atoms with E-state index in [-0.39, 0.29) is 18.3 Å². The molecule has 224 valence electrons. The lowest BCUT2D eigenvalue weighted by Gasteiger charge is -2.39. The van der Waals surface area contributed by atoms with E-state index < -0.39 is 34.4 Å². The minimum absolute atomic E-state index is 0.00688. The number of hydroxylamine groups is 2. The van der Waals surface area contributed by atoms with Crippen LogP contribution in [0.2, 0.25) is 0 Å². The maximum absolute atomic E-state index is 12.1. The van der Waals surface area contributed by atoms with Gasteiger partial charge < -0.3 is 24.2 Å². The Kier molecular flexibility index (Phi) is 13.1. The predicted molar refractivity (Wildman–Crippen MR) is 143 cm³/mol. The van der Waals surface area contributed by atoms with Gasteiger partial charge >= 0.3 is 6.03 Å². The van der Waals surface area contributed by atoms with Gasteiger partial charge in [-0.2, -0.15) is 14.3 Å². The van der Waals surface area contributed by atoms with Gasteiger partial charge in [-0.05, 0) is 38.5 Å². The van der Waals surface area contributed by atoms with Crippen molar-refractivity contribution in [3.8, 4) is 0 Å². The molecule has 0 aromatic carbocycles. The summed E-state index contributed by atoms with van der Waals surface area (Å²) in [6.45, 7) is 15.2. The standard InChI is InChI=1S/C16H36N.C9H11N5O7S/c1-5-9-13-17(14-10-6-2,15-11-7-3)16-12-8-4;10-6(15)7-11-8(20-12-7)5-2-1-4-3-13(5)9(16)14(4)21-22(17,18)19/h5-16H2,1-4H3;4-5H,1-3H2,(H2,10,15)(H,17,18,19)/q+1;/p-1/t;4-,5+/m.1/s1. The summed E-state index contributed by atoms with van der Waals surface area (Å²) in [5.41, 5.74) is 5.02. The SMILES string of the molecule is CCCC[N+](CCCC)(CCCC)CCCC.NC(=O)c1noc([C@@H]2CC[C@@H]3CN2C(=O)N3OS(=O)(=O)[O-])n1. The van der Waals surface area contributed by atoms with Crippen molar-refractivity contribution in [3.63, 3.8) is 0 Å². The van der Waals surface area contributed by atoms with Gasteiger partial charge in [-0.3, -0.25) is 4.79 Å². The zero-order valence-electron chi connectivity index (χ0n) is 23.8. The highest BCUT2D eigenvalue weighted by molar-refractivity contribution is 7.80. The summed E-state index contributed by atoms with van der Waals surface area (Å²) in [5.74, 6) is -1.19. The molecule has 39 heavy (non-hydrogen) atoms. The number of primary amides is 1. The number of carbonyl (C=O) groups excluding carboxylic acids is 2. The van der Waals surface area contributed by atoms with Crippen molar-refractivity contribution >= 4 is 22.3 Å². The molecule has 3 amide bonds. The highest BCUT2D eigenvalue weighted by Crippen LogP contribution is 2.38. The Morgan fingerprint density at radius 1 is 1.03 bits per heavy atom. The third-order valence-corrected chi connectivity index (χ3v) is 7.73. The number of unbranched alkanes of at least 4 members (excludes halogenated alkanes) is 4. The number of hydrogen-bond acceptors (Lipinski definition) is 9. The monoisotopic (exact) mass is 574 g/mol. The predicted octanol–water partition coefficient (Wildman–Crippen LogP) is 3.51. The Hall–Kier alpha value is -2.29. The molecule has 2 fully saturated rings. The van der Waals surface area contributed by atoms with E-state index in [4.69, 9.17) is 10.3 Å². The number of quaternary nitrogens is 1. The average Bonchev–Trinajstić information content (AvgIpc) is 3.48. The van der Waals surface area contributed by atoms with Crippen molar-refractivity contribution < 1.29 is 35.8 Å². The number of aromatic nitrogens is 2. The summed E-state index contributed by atoms with van der Waals surface area (Å²) in [4.78, 5) is 28.1. The van der Waals surface area contributed by atoms with Gasteiger partial charge in [0.15, 0.2) is 0 Å². The highest BCUT2D eigenvalue weighted by atomic mass is 32.3. The molecule has 13 nitrogen and oxygen atoms in total. The van der Waals surface area contributed by atoms with Gasteiger partial charge in [-0.15, -0.1) is 0 Å². The smallest absolute Gasteiger partial charge is 0.346 e. The Balaban J connectivity index is 0.000000285. The molecule has 2 atom stereocenters. The quantitative estimate of drug-likeness (QED) is 0.176. The number of amides is 3. The van der Waals surface area contributed by atoms with E-state index in [2.05, 4.69) is 42.1 Å². The van der Waals surface area contributed by atoms with Gasteiger partial charge in [0.2, 0.25) is 16.3 Å². The Morgan fingerprint density at radius 3 is 1.95 bits per heavy atom. The Bertz CT molecular complexity index is 981. The fourth-order valence-corrected chi connectivity index (χ4v) is 5.58. The van der Waals surface area contributed by atoms with Crippen molar-refractivity contribution in [1.82, 2.24) is 20.1 Å². The minimum atomic E-state index is -5.05. The van der Waals surface area contributed by atoms with Crippen LogP contribution in [0.4, 0.5) is 4.79 Å². The fraction of sp³-hybridized carbons (Fsp3) is 0.840. The molecule has 3 heterocycles. The second-order valence-electron chi connectivity index (χ2n) is 10.5. The lowest BCUT2D eigenvalue weighted by molar-refractivity contribution is -0.929. The summed E-state index contributed by atoms with van der Waals surface area (Å²) in [6.07, 6.45) is 11.8. The normalized spacial score (nSPS) is 19.3. The van der Waals surface area contributed by atoms with Crippen molar-refractivity contribution in [3.05, 3.63) is 11.7 Å². The first-order valence-electron chi connectivity index (χ1n) is 14.2. The van der Waals surface area contributed by atoms with Gasteiger partial charge in [0.1, 0.15) is 6.04 Å². The third kappa shape index (κ3) is 9.69. The molecule has 2 aliphatic heterocycles. The van der Waals surface area contributed by atoms with Crippen LogP contribution in [0.3, 0.4) is 0 Å². The number of urea groups is 1. The molecule has 0 unspecified atom stereocenters. The number of piperidine rings is 1. The van der Waals surface area contributed by atoms with Crippen LogP contribution in [0, 0.1) is 0 Å². The molecule has 2 saturated heterocycles. The van der Waals surface area contributed by atoms with Crippen LogP contribution in [0.5, 0.6) is 0 Å². The van der Waals surface area contributed by atoms with E-state index in [9.17, 15) is 22.6 Å². The van der Waals surface area contributed by atoms with Crippen LogP contribution in [-0.4, -0.2) is 88.3 Å². The van der Waals surface area contributed by atoms with Crippen LogP contribution in [0.25, 0.3) is 0 Å². The van der Waals surface area contributed by atoms with E-state index in [0.717, 1.165) is 0 Å². The maximum atomic E-state index is 12.1. The number of fused-ring (bicyclic) bond motifs is 2. The molecule has 1 aromatic rings. The lowest BCUT2D eigenvalue weighted by Crippen LogP contribution is -2.50. The summed E-state index contributed by atoms with van der Waals surface area (Å²) < 4.78 is 42.5. The van der Waals surface area contributed by atoms with E-state index in [1.165, 1.54) is 86.9 Å². The first-order chi connectivity index (χ1) is 18.5. The van der Waals surface area contributed by atoms with Crippen molar-refractivity contribution in [1.29, 1.82) is 0 Å².